The Balaban J connectivity index is 3.30. The fourth-order valence-corrected chi connectivity index (χ4v) is 2.21. The molecule has 3 N–H and O–H groups in total. The number of hydrogen-bond donors (Lipinski definition) is 3. The molecule has 0 aliphatic rings. The highest BCUT2D eigenvalue weighted by molar-refractivity contribution is 5.94. The first-order valence-corrected chi connectivity index (χ1v) is 6.82. The maximum absolute atomic E-state index is 11.3. The number of benzene rings is 1. The summed E-state index contributed by atoms with van der Waals surface area (Å²) < 4.78 is 0. The second-order valence-electron chi connectivity index (χ2n) is 4.77. The lowest BCUT2D eigenvalue weighted by atomic mass is 9.92. The number of phenols is 2. The Morgan fingerprint density at radius 3 is 2.21 bits per heavy atom. The van der Waals surface area contributed by atoms with Crippen LogP contribution < -0.4 is 0 Å². The van der Waals surface area contributed by atoms with Gasteiger partial charge in [0.2, 0.25) is 0 Å². The molecule has 0 aliphatic carbocycles. The molecule has 4 nitrogen and oxygen atoms in total. The molecule has 0 saturated heterocycles. The van der Waals surface area contributed by atoms with Crippen molar-refractivity contribution >= 4 is 5.97 Å². The van der Waals surface area contributed by atoms with Crippen LogP contribution in [0.1, 0.15) is 61.0 Å². The number of carbonyl (C=O) groups is 1. The average molecular weight is 266 g/mol. The minimum absolute atomic E-state index is 0.139. The lowest BCUT2D eigenvalue weighted by molar-refractivity contribution is 0.0691. The molecule has 0 unspecified atom stereocenters. The Morgan fingerprint density at radius 2 is 1.68 bits per heavy atom. The Labute approximate surface area is 113 Å². The zero-order valence-electron chi connectivity index (χ0n) is 11.6. The highest BCUT2D eigenvalue weighted by Crippen LogP contribution is 2.35. The molecular formula is C15H22O4. The van der Waals surface area contributed by atoms with Gasteiger partial charge in [-0.2, -0.15) is 0 Å². The Hall–Kier alpha value is -1.71. The van der Waals surface area contributed by atoms with Gasteiger partial charge in [0.05, 0.1) is 0 Å². The SMILES string of the molecule is CCCCc1cc(O)c(O)c(C(=O)O)c1CCCC. The second-order valence-corrected chi connectivity index (χ2v) is 4.77. The van der Waals surface area contributed by atoms with Gasteiger partial charge >= 0.3 is 5.97 Å². The van der Waals surface area contributed by atoms with E-state index >= 15 is 0 Å². The zero-order valence-corrected chi connectivity index (χ0v) is 11.6. The van der Waals surface area contributed by atoms with Gasteiger partial charge in [-0.15, -0.1) is 0 Å². The van der Waals surface area contributed by atoms with Crippen molar-refractivity contribution in [3.63, 3.8) is 0 Å². The third-order valence-corrected chi connectivity index (χ3v) is 3.27. The molecule has 1 aromatic rings. The molecule has 0 aromatic heterocycles. The standard InChI is InChI=1S/C15H22O4/c1-3-5-7-10-9-12(16)14(17)13(15(18)19)11(10)8-6-4-2/h9,16-17H,3-8H2,1-2H3,(H,18,19). The van der Waals surface area contributed by atoms with E-state index in [-0.39, 0.29) is 11.3 Å². The van der Waals surface area contributed by atoms with Gasteiger partial charge in [-0.1, -0.05) is 26.7 Å². The molecule has 0 amide bonds. The first kappa shape index (κ1) is 15.3. The molecule has 1 aromatic carbocycles. The third kappa shape index (κ3) is 3.63. The second kappa shape index (κ2) is 7.02. The highest BCUT2D eigenvalue weighted by atomic mass is 16.4. The summed E-state index contributed by atoms with van der Waals surface area (Å²) in [6, 6.07) is 1.50. The van der Waals surface area contributed by atoms with Crippen LogP contribution in [0.3, 0.4) is 0 Å². The van der Waals surface area contributed by atoms with E-state index in [1.807, 2.05) is 6.92 Å². The topological polar surface area (TPSA) is 77.8 Å². The van der Waals surface area contributed by atoms with E-state index in [0.29, 0.717) is 12.0 Å². The summed E-state index contributed by atoms with van der Waals surface area (Å²) in [6.45, 7) is 4.09. The van der Waals surface area contributed by atoms with Crippen LogP contribution in [0.25, 0.3) is 0 Å². The number of aryl methyl sites for hydroxylation is 1. The molecule has 0 bridgehead atoms. The summed E-state index contributed by atoms with van der Waals surface area (Å²) in [4.78, 5) is 11.3. The lowest BCUT2D eigenvalue weighted by Crippen LogP contribution is -2.07. The van der Waals surface area contributed by atoms with Crippen LogP contribution >= 0.6 is 0 Å². The number of carboxylic acid groups (broad SMARTS) is 1. The van der Waals surface area contributed by atoms with Crippen molar-refractivity contribution in [1.29, 1.82) is 0 Å². The lowest BCUT2D eigenvalue weighted by Gasteiger charge is -2.15. The number of aromatic carboxylic acids is 1. The number of carboxylic acids is 1. The maximum atomic E-state index is 11.3. The fourth-order valence-electron chi connectivity index (χ4n) is 2.21. The Morgan fingerprint density at radius 1 is 1.11 bits per heavy atom. The maximum Gasteiger partial charge on any atom is 0.339 e. The normalized spacial score (nSPS) is 10.6. The van der Waals surface area contributed by atoms with E-state index in [4.69, 9.17) is 0 Å². The zero-order chi connectivity index (χ0) is 14.4. The molecule has 106 valence electrons. The van der Waals surface area contributed by atoms with Gasteiger partial charge in [0.15, 0.2) is 11.5 Å². The monoisotopic (exact) mass is 266 g/mol. The van der Waals surface area contributed by atoms with Crippen molar-refractivity contribution in [1.82, 2.24) is 0 Å². The molecule has 0 fully saturated rings. The number of phenolic OH excluding ortho intramolecular Hbond substituents is 1. The van der Waals surface area contributed by atoms with Gasteiger partial charge in [0.25, 0.3) is 0 Å². The predicted molar refractivity (Wildman–Crippen MR) is 74.0 cm³/mol. The van der Waals surface area contributed by atoms with Crippen LogP contribution in [0.2, 0.25) is 0 Å². The molecular weight excluding hydrogens is 244 g/mol. The number of aromatic hydroxyl groups is 2. The average Bonchev–Trinajstić information content (AvgIpc) is 2.37. The minimum Gasteiger partial charge on any atom is -0.504 e. The van der Waals surface area contributed by atoms with Gasteiger partial charge < -0.3 is 15.3 Å². The molecule has 0 spiro atoms. The summed E-state index contributed by atoms with van der Waals surface area (Å²) in [5.74, 6) is -2.04. The van der Waals surface area contributed by atoms with Gasteiger partial charge in [0.1, 0.15) is 5.56 Å². The summed E-state index contributed by atoms with van der Waals surface area (Å²) in [7, 11) is 0. The quantitative estimate of drug-likeness (QED) is 0.660. The Bertz CT molecular complexity index is 452. The molecule has 0 saturated carbocycles. The van der Waals surface area contributed by atoms with Crippen molar-refractivity contribution < 1.29 is 20.1 Å². The predicted octanol–water partition coefficient (Wildman–Crippen LogP) is 3.48. The van der Waals surface area contributed by atoms with Crippen LogP contribution in [-0.4, -0.2) is 21.3 Å². The van der Waals surface area contributed by atoms with Crippen molar-refractivity contribution in [2.24, 2.45) is 0 Å². The number of hydrogen-bond acceptors (Lipinski definition) is 3. The van der Waals surface area contributed by atoms with Crippen LogP contribution in [-0.2, 0) is 12.8 Å². The van der Waals surface area contributed by atoms with E-state index in [1.165, 1.54) is 6.07 Å². The largest absolute Gasteiger partial charge is 0.504 e. The third-order valence-electron chi connectivity index (χ3n) is 3.27. The molecule has 0 atom stereocenters. The summed E-state index contributed by atoms with van der Waals surface area (Å²) in [5.41, 5.74) is 1.36. The van der Waals surface area contributed by atoms with Crippen molar-refractivity contribution in [2.75, 3.05) is 0 Å². The van der Waals surface area contributed by atoms with Crippen LogP contribution in [0, 0.1) is 0 Å². The first-order chi connectivity index (χ1) is 9.02. The first-order valence-electron chi connectivity index (χ1n) is 6.82. The Kier molecular flexibility index (Phi) is 5.67. The summed E-state index contributed by atoms with van der Waals surface area (Å²) >= 11 is 0. The molecule has 1 rings (SSSR count). The van der Waals surface area contributed by atoms with Crippen LogP contribution in [0.5, 0.6) is 11.5 Å². The highest BCUT2D eigenvalue weighted by Gasteiger charge is 2.21. The molecule has 0 heterocycles. The van der Waals surface area contributed by atoms with E-state index in [2.05, 4.69) is 6.92 Å². The number of unbranched alkanes of at least 4 members (excludes halogenated alkanes) is 2. The van der Waals surface area contributed by atoms with Crippen molar-refractivity contribution in [2.45, 2.75) is 52.4 Å². The summed E-state index contributed by atoms with van der Waals surface area (Å²) in [5, 5.41) is 28.7. The van der Waals surface area contributed by atoms with Crippen LogP contribution in [0.15, 0.2) is 6.07 Å². The number of rotatable bonds is 7. The fraction of sp³-hybridized carbons (Fsp3) is 0.533. The van der Waals surface area contributed by atoms with Gasteiger partial charge in [-0.3, -0.25) is 0 Å². The van der Waals surface area contributed by atoms with E-state index in [9.17, 15) is 20.1 Å². The molecule has 0 aliphatic heterocycles. The van der Waals surface area contributed by atoms with Gasteiger partial charge in [-0.05, 0) is 42.9 Å². The van der Waals surface area contributed by atoms with E-state index in [1.54, 1.807) is 0 Å². The molecule has 0 radical (unpaired) electrons. The van der Waals surface area contributed by atoms with E-state index in [0.717, 1.165) is 37.7 Å². The van der Waals surface area contributed by atoms with Gasteiger partial charge in [0, 0.05) is 0 Å². The van der Waals surface area contributed by atoms with Gasteiger partial charge in [-0.25, -0.2) is 4.79 Å². The molecule has 19 heavy (non-hydrogen) atoms. The van der Waals surface area contributed by atoms with Crippen molar-refractivity contribution in [3.8, 4) is 11.5 Å². The summed E-state index contributed by atoms with van der Waals surface area (Å²) in [6.07, 6.45) is 5.09. The smallest absolute Gasteiger partial charge is 0.339 e. The molecule has 4 heteroatoms. The van der Waals surface area contributed by atoms with Crippen LogP contribution in [0.4, 0.5) is 0 Å². The minimum atomic E-state index is -1.18. The van der Waals surface area contributed by atoms with Crippen molar-refractivity contribution in [3.05, 3.63) is 22.8 Å². The van der Waals surface area contributed by atoms with E-state index < -0.39 is 11.7 Å².